The first kappa shape index (κ1) is 14.9. The number of nitrogens with one attached hydrogen (secondary N) is 1. The van der Waals surface area contributed by atoms with Crippen molar-refractivity contribution >= 4 is 22.8 Å². The maximum Gasteiger partial charge on any atom is 0.326 e. The third-order valence-electron chi connectivity index (χ3n) is 3.55. The molecule has 6 nitrogen and oxygen atoms in total. The van der Waals surface area contributed by atoms with Gasteiger partial charge < -0.3 is 10.4 Å². The number of carboxylic acid groups (broad SMARTS) is 1. The zero-order chi connectivity index (χ0) is 15.4. The molecule has 6 heteroatoms. The summed E-state index contributed by atoms with van der Waals surface area (Å²) >= 11 is 0. The lowest BCUT2D eigenvalue weighted by Crippen LogP contribution is -2.45. The zero-order valence-corrected chi connectivity index (χ0v) is 11.9. The molecule has 110 valence electrons. The number of fused-ring (bicyclic) bond motifs is 1. The van der Waals surface area contributed by atoms with Gasteiger partial charge in [0, 0.05) is 24.0 Å². The molecule has 21 heavy (non-hydrogen) atoms. The monoisotopic (exact) mass is 287 g/mol. The van der Waals surface area contributed by atoms with Crippen molar-refractivity contribution in [1.29, 1.82) is 0 Å². The van der Waals surface area contributed by atoms with Crippen LogP contribution in [-0.4, -0.2) is 33.0 Å². The molecule has 0 saturated carbocycles. The van der Waals surface area contributed by atoms with E-state index >= 15 is 0 Å². The van der Waals surface area contributed by atoms with Gasteiger partial charge >= 0.3 is 5.97 Å². The van der Waals surface area contributed by atoms with E-state index in [0.29, 0.717) is 22.9 Å². The fraction of sp³-hybridized carbons (Fsp3) is 0.333. The highest BCUT2D eigenvalue weighted by atomic mass is 16.4. The highest BCUT2D eigenvalue weighted by Gasteiger charge is 2.26. The molecule has 1 amide bonds. The summed E-state index contributed by atoms with van der Waals surface area (Å²) in [5, 5.41) is 12.4. The van der Waals surface area contributed by atoms with Crippen LogP contribution >= 0.6 is 0 Å². The summed E-state index contributed by atoms with van der Waals surface area (Å²) in [6, 6.07) is 2.35. The quantitative estimate of drug-likeness (QED) is 0.875. The van der Waals surface area contributed by atoms with E-state index in [2.05, 4.69) is 15.3 Å². The minimum atomic E-state index is -1.03. The predicted molar refractivity (Wildman–Crippen MR) is 77.9 cm³/mol. The van der Waals surface area contributed by atoms with Crippen molar-refractivity contribution in [2.24, 2.45) is 5.92 Å². The molecule has 0 aliphatic rings. The van der Waals surface area contributed by atoms with Gasteiger partial charge in [0.15, 0.2) is 0 Å². The van der Waals surface area contributed by atoms with Crippen LogP contribution in [0.4, 0.5) is 0 Å². The summed E-state index contributed by atoms with van der Waals surface area (Å²) in [7, 11) is 0. The Morgan fingerprint density at radius 2 is 2.10 bits per heavy atom. The molecular formula is C15H17N3O3. The number of aromatic nitrogens is 2. The van der Waals surface area contributed by atoms with Crippen LogP contribution in [0.25, 0.3) is 10.9 Å². The van der Waals surface area contributed by atoms with E-state index in [0.717, 1.165) is 0 Å². The Kier molecular flexibility index (Phi) is 4.47. The SMILES string of the molecule is CC[C@H](C)[C@H](NC(=O)c1ccnc2ccncc12)C(=O)O. The molecule has 0 fully saturated rings. The van der Waals surface area contributed by atoms with Gasteiger partial charge in [-0.1, -0.05) is 20.3 Å². The van der Waals surface area contributed by atoms with Crippen molar-refractivity contribution in [3.05, 3.63) is 36.3 Å². The molecule has 0 spiro atoms. The molecule has 2 aromatic rings. The van der Waals surface area contributed by atoms with Crippen molar-refractivity contribution < 1.29 is 14.7 Å². The van der Waals surface area contributed by atoms with E-state index in [1.807, 2.05) is 6.92 Å². The summed E-state index contributed by atoms with van der Waals surface area (Å²) in [6.07, 6.45) is 5.33. The number of rotatable bonds is 5. The maximum absolute atomic E-state index is 12.4. The third kappa shape index (κ3) is 3.16. The number of hydrogen-bond acceptors (Lipinski definition) is 4. The first-order valence-electron chi connectivity index (χ1n) is 6.77. The topological polar surface area (TPSA) is 92.2 Å². The van der Waals surface area contributed by atoms with Crippen LogP contribution in [0.3, 0.4) is 0 Å². The Labute approximate surface area is 122 Å². The van der Waals surface area contributed by atoms with Gasteiger partial charge in [-0.05, 0) is 18.1 Å². The van der Waals surface area contributed by atoms with Crippen molar-refractivity contribution in [1.82, 2.24) is 15.3 Å². The average molecular weight is 287 g/mol. The molecule has 2 atom stereocenters. The lowest BCUT2D eigenvalue weighted by Gasteiger charge is -2.20. The first-order valence-corrected chi connectivity index (χ1v) is 6.77. The van der Waals surface area contributed by atoms with Crippen molar-refractivity contribution in [2.45, 2.75) is 26.3 Å². The van der Waals surface area contributed by atoms with Crippen LogP contribution in [0.1, 0.15) is 30.6 Å². The largest absolute Gasteiger partial charge is 0.480 e. The first-order chi connectivity index (χ1) is 10.0. The zero-order valence-electron chi connectivity index (χ0n) is 11.9. The number of carboxylic acids is 1. The molecule has 0 aliphatic heterocycles. The smallest absolute Gasteiger partial charge is 0.326 e. The van der Waals surface area contributed by atoms with Gasteiger partial charge in [0.1, 0.15) is 6.04 Å². The molecule has 0 unspecified atom stereocenters. The second-order valence-corrected chi connectivity index (χ2v) is 4.93. The van der Waals surface area contributed by atoms with Crippen LogP contribution in [0.2, 0.25) is 0 Å². The van der Waals surface area contributed by atoms with Gasteiger partial charge in [0.05, 0.1) is 11.1 Å². The second-order valence-electron chi connectivity index (χ2n) is 4.93. The second kappa shape index (κ2) is 6.30. The fourth-order valence-electron chi connectivity index (χ4n) is 2.09. The van der Waals surface area contributed by atoms with E-state index in [1.54, 1.807) is 31.5 Å². The standard InChI is InChI=1S/C15H17N3O3/c1-3-9(2)13(15(20)21)18-14(19)10-4-7-17-12-5-6-16-8-11(10)12/h4-9,13H,3H2,1-2H3,(H,18,19)(H,20,21)/t9-,13-/m0/s1. The number of amides is 1. The Morgan fingerprint density at radius 3 is 2.76 bits per heavy atom. The minimum absolute atomic E-state index is 0.155. The molecule has 2 heterocycles. The van der Waals surface area contributed by atoms with Crippen molar-refractivity contribution in [3.8, 4) is 0 Å². The molecular weight excluding hydrogens is 270 g/mol. The number of carbonyl (C=O) groups is 2. The molecule has 0 radical (unpaired) electrons. The van der Waals surface area contributed by atoms with E-state index < -0.39 is 17.9 Å². The van der Waals surface area contributed by atoms with Gasteiger partial charge in [-0.3, -0.25) is 14.8 Å². The number of nitrogens with zero attached hydrogens (tertiary/aromatic N) is 2. The maximum atomic E-state index is 12.4. The molecule has 0 aromatic carbocycles. The summed E-state index contributed by atoms with van der Waals surface area (Å²) in [6.45, 7) is 3.68. The van der Waals surface area contributed by atoms with Crippen LogP contribution in [0.15, 0.2) is 30.7 Å². The fourth-order valence-corrected chi connectivity index (χ4v) is 2.09. The molecule has 2 aromatic heterocycles. The van der Waals surface area contributed by atoms with Crippen LogP contribution < -0.4 is 5.32 Å². The Bertz CT molecular complexity index is 667. The van der Waals surface area contributed by atoms with Crippen LogP contribution in [0, 0.1) is 5.92 Å². The van der Waals surface area contributed by atoms with E-state index in [1.165, 1.54) is 6.20 Å². The van der Waals surface area contributed by atoms with Gasteiger partial charge in [-0.25, -0.2) is 4.79 Å². The predicted octanol–water partition coefficient (Wildman–Crippen LogP) is 1.86. The van der Waals surface area contributed by atoms with Gasteiger partial charge in [0.25, 0.3) is 5.91 Å². The highest BCUT2D eigenvalue weighted by molar-refractivity contribution is 6.06. The van der Waals surface area contributed by atoms with E-state index in [-0.39, 0.29) is 5.92 Å². The third-order valence-corrected chi connectivity index (χ3v) is 3.55. The summed E-state index contributed by atoms with van der Waals surface area (Å²) in [5.74, 6) is -1.62. The summed E-state index contributed by atoms with van der Waals surface area (Å²) in [4.78, 5) is 31.8. The molecule has 2 rings (SSSR count). The summed E-state index contributed by atoms with van der Waals surface area (Å²) in [5.41, 5.74) is 1.02. The van der Waals surface area contributed by atoms with Crippen LogP contribution in [-0.2, 0) is 4.79 Å². The lowest BCUT2D eigenvalue weighted by atomic mass is 9.98. The van der Waals surface area contributed by atoms with Crippen molar-refractivity contribution in [3.63, 3.8) is 0 Å². The number of pyridine rings is 2. The van der Waals surface area contributed by atoms with E-state index in [9.17, 15) is 14.7 Å². The normalized spacial score (nSPS) is 13.6. The number of aliphatic carboxylic acids is 1. The Balaban J connectivity index is 2.32. The summed E-state index contributed by atoms with van der Waals surface area (Å²) < 4.78 is 0. The Hall–Kier alpha value is -2.50. The molecule has 0 bridgehead atoms. The van der Waals surface area contributed by atoms with E-state index in [4.69, 9.17) is 0 Å². The van der Waals surface area contributed by atoms with Gasteiger partial charge in [0.2, 0.25) is 0 Å². The Morgan fingerprint density at radius 1 is 1.33 bits per heavy atom. The molecule has 2 N–H and O–H groups in total. The van der Waals surface area contributed by atoms with Crippen molar-refractivity contribution in [2.75, 3.05) is 0 Å². The number of carbonyl (C=O) groups excluding carboxylic acids is 1. The highest BCUT2D eigenvalue weighted by Crippen LogP contribution is 2.16. The lowest BCUT2D eigenvalue weighted by molar-refractivity contribution is -0.140. The van der Waals surface area contributed by atoms with Gasteiger partial charge in [-0.2, -0.15) is 0 Å². The average Bonchev–Trinajstić information content (AvgIpc) is 2.50. The van der Waals surface area contributed by atoms with Gasteiger partial charge in [-0.15, -0.1) is 0 Å². The molecule has 0 aliphatic carbocycles. The minimum Gasteiger partial charge on any atom is -0.480 e. The molecule has 0 saturated heterocycles. The van der Waals surface area contributed by atoms with Crippen LogP contribution in [0.5, 0.6) is 0 Å². The number of hydrogen-bond donors (Lipinski definition) is 2.